The van der Waals surface area contributed by atoms with E-state index in [-0.39, 0.29) is 11.9 Å². The number of anilines is 2. The fourth-order valence-electron chi connectivity index (χ4n) is 1.78. The first-order valence-electron chi connectivity index (χ1n) is 7.30. The van der Waals surface area contributed by atoms with Crippen molar-refractivity contribution in [1.82, 2.24) is 15.3 Å². The molecule has 2 aromatic rings. The van der Waals surface area contributed by atoms with Gasteiger partial charge in [0, 0.05) is 24.6 Å². The van der Waals surface area contributed by atoms with Crippen LogP contribution in [0.2, 0.25) is 0 Å². The molecule has 8 heteroatoms. The number of benzene rings is 1. The molecular formula is C16H17F3N4O. The van der Waals surface area contributed by atoms with Crippen molar-refractivity contribution in [1.29, 1.82) is 0 Å². The first-order valence-corrected chi connectivity index (χ1v) is 7.30. The molecule has 1 aromatic carbocycles. The molecule has 5 nitrogen and oxygen atoms in total. The van der Waals surface area contributed by atoms with Crippen molar-refractivity contribution in [2.75, 3.05) is 11.9 Å². The van der Waals surface area contributed by atoms with E-state index in [2.05, 4.69) is 20.6 Å². The Morgan fingerprint density at radius 1 is 1.12 bits per heavy atom. The van der Waals surface area contributed by atoms with Crippen LogP contribution < -0.4 is 10.6 Å². The normalized spacial score (nSPS) is 11.4. The molecule has 0 radical (unpaired) electrons. The summed E-state index contributed by atoms with van der Waals surface area (Å²) < 4.78 is 37.5. The van der Waals surface area contributed by atoms with Crippen molar-refractivity contribution < 1.29 is 18.0 Å². The second kappa shape index (κ2) is 7.29. The Kier molecular flexibility index (Phi) is 5.38. The molecule has 128 valence electrons. The number of rotatable bonds is 5. The molecule has 0 aliphatic rings. The van der Waals surface area contributed by atoms with Crippen LogP contribution >= 0.6 is 0 Å². The minimum atomic E-state index is -4.37. The van der Waals surface area contributed by atoms with Crippen LogP contribution in [0.3, 0.4) is 0 Å². The van der Waals surface area contributed by atoms with Crippen LogP contribution in [0.1, 0.15) is 29.8 Å². The highest BCUT2D eigenvalue weighted by Crippen LogP contribution is 2.30. The number of carbonyl (C=O) groups excluding carboxylic acids is 1. The maximum absolute atomic E-state index is 12.5. The number of nitrogens with zero attached hydrogens (tertiary/aromatic N) is 2. The summed E-state index contributed by atoms with van der Waals surface area (Å²) in [7, 11) is 0. The van der Waals surface area contributed by atoms with Crippen LogP contribution in [0.15, 0.2) is 36.7 Å². The Morgan fingerprint density at radius 3 is 2.21 bits per heavy atom. The van der Waals surface area contributed by atoms with Crippen LogP contribution in [0.25, 0.3) is 0 Å². The maximum atomic E-state index is 12.5. The molecule has 0 saturated heterocycles. The molecule has 0 unspecified atom stereocenters. The Morgan fingerprint density at radius 2 is 1.71 bits per heavy atom. The lowest BCUT2D eigenvalue weighted by Crippen LogP contribution is -2.27. The molecule has 0 atom stereocenters. The lowest BCUT2D eigenvalue weighted by atomic mass is 10.2. The van der Waals surface area contributed by atoms with Gasteiger partial charge in [0.15, 0.2) is 0 Å². The van der Waals surface area contributed by atoms with Crippen LogP contribution in [0.5, 0.6) is 0 Å². The third kappa shape index (κ3) is 4.94. The number of amides is 1. The summed E-state index contributed by atoms with van der Waals surface area (Å²) >= 11 is 0. The van der Waals surface area contributed by atoms with Gasteiger partial charge in [-0.3, -0.25) is 4.79 Å². The molecule has 1 aromatic heterocycles. The summed E-state index contributed by atoms with van der Waals surface area (Å²) in [5, 5.41) is 5.52. The standard InChI is InChI=1S/C16H17F3N4O/c1-10(2)7-20-14(24)11-8-21-15(22-9-11)23-13-5-3-12(4-6-13)16(17,18)19/h3-6,8-10H,7H2,1-2H3,(H,20,24)(H,21,22,23). The van der Waals surface area contributed by atoms with E-state index in [1.165, 1.54) is 24.5 Å². The highest BCUT2D eigenvalue weighted by molar-refractivity contribution is 5.93. The van der Waals surface area contributed by atoms with E-state index in [1.807, 2.05) is 13.8 Å². The quantitative estimate of drug-likeness (QED) is 0.874. The summed E-state index contributed by atoms with van der Waals surface area (Å²) in [6.07, 6.45) is -1.66. The molecule has 1 heterocycles. The fourth-order valence-corrected chi connectivity index (χ4v) is 1.78. The number of hydrogen-bond acceptors (Lipinski definition) is 4. The predicted octanol–water partition coefficient (Wildman–Crippen LogP) is 3.62. The molecular weight excluding hydrogens is 321 g/mol. The SMILES string of the molecule is CC(C)CNC(=O)c1cnc(Nc2ccc(C(F)(F)F)cc2)nc1. The fraction of sp³-hybridized carbons (Fsp3) is 0.312. The van der Waals surface area contributed by atoms with E-state index in [0.717, 1.165) is 12.1 Å². The van der Waals surface area contributed by atoms with Gasteiger partial charge >= 0.3 is 6.18 Å². The van der Waals surface area contributed by atoms with Gasteiger partial charge in [0.05, 0.1) is 11.1 Å². The molecule has 0 bridgehead atoms. The van der Waals surface area contributed by atoms with Crippen molar-refractivity contribution >= 4 is 17.5 Å². The van der Waals surface area contributed by atoms with Crippen molar-refractivity contribution in [3.63, 3.8) is 0 Å². The Balaban J connectivity index is 2.00. The van der Waals surface area contributed by atoms with Crippen molar-refractivity contribution in [3.05, 3.63) is 47.8 Å². The zero-order chi connectivity index (χ0) is 17.7. The van der Waals surface area contributed by atoms with Crippen LogP contribution in [0, 0.1) is 5.92 Å². The van der Waals surface area contributed by atoms with Gasteiger partial charge in [-0.15, -0.1) is 0 Å². The highest BCUT2D eigenvalue weighted by atomic mass is 19.4. The van der Waals surface area contributed by atoms with Gasteiger partial charge in [0.2, 0.25) is 5.95 Å². The molecule has 2 rings (SSSR count). The summed E-state index contributed by atoms with van der Waals surface area (Å²) in [6.45, 7) is 4.51. The number of carbonyl (C=O) groups is 1. The second-order valence-corrected chi connectivity index (χ2v) is 5.60. The number of nitrogens with one attached hydrogen (secondary N) is 2. The monoisotopic (exact) mass is 338 g/mol. The molecule has 0 spiro atoms. The summed E-state index contributed by atoms with van der Waals surface area (Å²) in [5.41, 5.74) is -0.000214. The molecule has 2 N–H and O–H groups in total. The summed E-state index contributed by atoms with van der Waals surface area (Å²) in [4.78, 5) is 19.8. The van der Waals surface area contributed by atoms with Crippen LogP contribution in [0.4, 0.5) is 24.8 Å². The number of hydrogen-bond donors (Lipinski definition) is 2. The summed E-state index contributed by atoms with van der Waals surface area (Å²) in [6, 6.07) is 4.51. The molecule has 0 saturated carbocycles. The lowest BCUT2D eigenvalue weighted by Gasteiger charge is -2.09. The van der Waals surface area contributed by atoms with E-state index < -0.39 is 11.7 Å². The van der Waals surface area contributed by atoms with E-state index in [1.54, 1.807) is 0 Å². The van der Waals surface area contributed by atoms with E-state index in [9.17, 15) is 18.0 Å². The van der Waals surface area contributed by atoms with Gasteiger partial charge in [0.25, 0.3) is 5.91 Å². The first-order chi connectivity index (χ1) is 11.3. The van der Waals surface area contributed by atoms with Gasteiger partial charge in [-0.05, 0) is 30.2 Å². The molecule has 0 aliphatic heterocycles. The Bertz CT molecular complexity index is 682. The molecule has 0 fully saturated rings. The lowest BCUT2D eigenvalue weighted by molar-refractivity contribution is -0.137. The van der Waals surface area contributed by atoms with Gasteiger partial charge in [-0.2, -0.15) is 13.2 Å². The van der Waals surface area contributed by atoms with Gasteiger partial charge in [0.1, 0.15) is 0 Å². The largest absolute Gasteiger partial charge is 0.416 e. The van der Waals surface area contributed by atoms with Crippen molar-refractivity contribution in [2.24, 2.45) is 5.92 Å². The van der Waals surface area contributed by atoms with Gasteiger partial charge in [-0.25, -0.2) is 9.97 Å². The highest BCUT2D eigenvalue weighted by Gasteiger charge is 2.29. The summed E-state index contributed by atoms with van der Waals surface area (Å²) in [5.74, 6) is 0.246. The molecule has 24 heavy (non-hydrogen) atoms. The second-order valence-electron chi connectivity index (χ2n) is 5.60. The van der Waals surface area contributed by atoms with Crippen molar-refractivity contribution in [3.8, 4) is 0 Å². The first kappa shape index (κ1) is 17.7. The van der Waals surface area contributed by atoms with Gasteiger partial charge in [-0.1, -0.05) is 13.8 Å². The van der Waals surface area contributed by atoms with Crippen LogP contribution in [-0.2, 0) is 6.18 Å². The minimum Gasteiger partial charge on any atom is -0.352 e. The molecule has 1 amide bonds. The number of halogens is 3. The predicted molar refractivity (Wildman–Crippen MR) is 83.9 cm³/mol. The van der Waals surface area contributed by atoms with Gasteiger partial charge < -0.3 is 10.6 Å². The van der Waals surface area contributed by atoms with E-state index in [4.69, 9.17) is 0 Å². The average molecular weight is 338 g/mol. The maximum Gasteiger partial charge on any atom is 0.416 e. The zero-order valence-electron chi connectivity index (χ0n) is 13.2. The van der Waals surface area contributed by atoms with E-state index in [0.29, 0.717) is 23.7 Å². The Hall–Kier alpha value is -2.64. The average Bonchev–Trinajstić information content (AvgIpc) is 2.53. The topological polar surface area (TPSA) is 66.9 Å². The van der Waals surface area contributed by atoms with Crippen LogP contribution in [-0.4, -0.2) is 22.4 Å². The number of alkyl halides is 3. The third-order valence-electron chi connectivity index (χ3n) is 3.05. The van der Waals surface area contributed by atoms with Crippen molar-refractivity contribution in [2.45, 2.75) is 20.0 Å². The molecule has 0 aliphatic carbocycles. The minimum absolute atomic E-state index is 0.190. The number of aromatic nitrogens is 2. The third-order valence-corrected chi connectivity index (χ3v) is 3.05. The zero-order valence-corrected chi connectivity index (χ0v) is 13.2. The van der Waals surface area contributed by atoms with E-state index >= 15 is 0 Å². The smallest absolute Gasteiger partial charge is 0.352 e. The Labute approximate surface area is 137 Å².